The lowest BCUT2D eigenvalue weighted by molar-refractivity contribution is -0.117. The van der Waals surface area contributed by atoms with E-state index in [4.69, 9.17) is 0 Å². The van der Waals surface area contributed by atoms with Gasteiger partial charge >= 0.3 is 0 Å². The Bertz CT molecular complexity index is 610. The molecule has 0 aliphatic carbocycles. The lowest BCUT2D eigenvalue weighted by Gasteiger charge is -2.23. The van der Waals surface area contributed by atoms with Gasteiger partial charge in [-0.1, -0.05) is 30.4 Å². The van der Waals surface area contributed by atoms with E-state index in [1.807, 2.05) is 29.2 Å². The highest BCUT2D eigenvalue weighted by atomic mass is 32.1. The molecule has 6 heteroatoms. The highest BCUT2D eigenvalue weighted by Crippen LogP contribution is 2.26. The van der Waals surface area contributed by atoms with Gasteiger partial charge in [-0.15, -0.1) is 0 Å². The Labute approximate surface area is 127 Å². The number of carbonyl (C=O) groups excluding carboxylic acids is 1. The Morgan fingerprint density at radius 2 is 2.33 bits per heavy atom. The molecule has 0 spiro atoms. The second kappa shape index (κ2) is 6.09. The topological polar surface area (TPSA) is 65.5 Å². The fraction of sp³-hybridized carbons (Fsp3) is 0.467. The van der Waals surface area contributed by atoms with Crippen LogP contribution < -0.4 is 5.32 Å². The van der Waals surface area contributed by atoms with E-state index >= 15 is 0 Å². The van der Waals surface area contributed by atoms with Crippen LogP contribution >= 0.6 is 11.3 Å². The number of aliphatic hydroxyl groups is 1. The van der Waals surface area contributed by atoms with Gasteiger partial charge in [0, 0.05) is 6.04 Å². The normalized spacial score (nSPS) is 22.8. The third-order valence-electron chi connectivity index (χ3n) is 4.07. The molecule has 21 heavy (non-hydrogen) atoms. The molecule has 1 fully saturated rings. The summed E-state index contributed by atoms with van der Waals surface area (Å²) in [5.74, 6) is 0.367. The summed E-state index contributed by atoms with van der Waals surface area (Å²) in [6, 6.07) is 7.92. The van der Waals surface area contributed by atoms with E-state index < -0.39 is 0 Å². The molecule has 1 aliphatic heterocycles. The maximum absolute atomic E-state index is 12.1. The van der Waals surface area contributed by atoms with Crippen molar-refractivity contribution in [3.8, 4) is 0 Å². The van der Waals surface area contributed by atoms with Gasteiger partial charge in [0.05, 0.1) is 23.4 Å². The predicted molar refractivity (Wildman–Crippen MR) is 84.5 cm³/mol. The fourth-order valence-electron chi connectivity index (χ4n) is 2.85. The molecule has 0 bridgehead atoms. The van der Waals surface area contributed by atoms with E-state index in [1.54, 1.807) is 0 Å². The van der Waals surface area contributed by atoms with Gasteiger partial charge in [-0.05, 0) is 31.0 Å². The quantitative estimate of drug-likeness (QED) is 0.906. The maximum atomic E-state index is 12.1. The van der Waals surface area contributed by atoms with Crippen LogP contribution in [0.2, 0.25) is 0 Å². The SMILES string of the molecule is CC1CCN(CC(=O)Nc2nc3ccccc3s2)C1CO. The lowest BCUT2D eigenvalue weighted by Crippen LogP contribution is -2.40. The number of nitrogens with one attached hydrogen (secondary N) is 1. The summed E-state index contributed by atoms with van der Waals surface area (Å²) in [6.45, 7) is 3.40. The van der Waals surface area contributed by atoms with Gasteiger partial charge in [-0.2, -0.15) is 0 Å². The number of para-hydroxylation sites is 1. The minimum atomic E-state index is -0.0680. The van der Waals surface area contributed by atoms with Crippen molar-refractivity contribution in [2.75, 3.05) is 25.0 Å². The molecule has 1 aromatic heterocycles. The molecule has 2 aromatic rings. The standard InChI is InChI=1S/C15H19N3O2S/c1-10-6-7-18(12(10)9-19)8-14(20)17-15-16-11-4-2-3-5-13(11)21-15/h2-5,10,12,19H,6-9H2,1H3,(H,16,17,20). The van der Waals surface area contributed by atoms with E-state index in [9.17, 15) is 9.90 Å². The third-order valence-corrected chi connectivity index (χ3v) is 5.02. The lowest BCUT2D eigenvalue weighted by atomic mass is 10.0. The number of hydrogen-bond donors (Lipinski definition) is 2. The third kappa shape index (κ3) is 3.07. The Balaban J connectivity index is 1.63. The molecule has 2 N–H and O–H groups in total. The second-order valence-corrected chi connectivity index (χ2v) is 6.55. The van der Waals surface area contributed by atoms with E-state index in [-0.39, 0.29) is 18.6 Å². The number of benzene rings is 1. The van der Waals surface area contributed by atoms with Crippen LogP contribution in [0, 0.1) is 5.92 Å². The number of aromatic nitrogens is 1. The Kier molecular flexibility index (Phi) is 4.19. The van der Waals surface area contributed by atoms with Crippen LogP contribution in [0.3, 0.4) is 0 Å². The van der Waals surface area contributed by atoms with E-state index in [1.165, 1.54) is 11.3 Å². The average molecular weight is 305 g/mol. The van der Waals surface area contributed by atoms with Gasteiger partial charge in [0.15, 0.2) is 5.13 Å². The number of fused-ring (bicyclic) bond motifs is 1. The number of nitrogens with zero attached hydrogens (tertiary/aromatic N) is 2. The van der Waals surface area contributed by atoms with Crippen molar-refractivity contribution in [2.45, 2.75) is 19.4 Å². The molecule has 112 valence electrons. The number of aliphatic hydroxyl groups excluding tert-OH is 1. The zero-order valence-electron chi connectivity index (χ0n) is 12.0. The van der Waals surface area contributed by atoms with Gasteiger partial charge in [0.2, 0.25) is 5.91 Å². The smallest absolute Gasteiger partial charge is 0.240 e. The molecule has 2 unspecified atom stereocenters. The van der Waals surface area contributed by atoms with E-state index in [2.05, 4.69) is 17.2 Å². The molecular formula is C15H19N3O2S. The van der Waals surface area contributed by atoms with Crippen molar-refractivity contribution in [1.29, 1.82) is 0 Å². The fourth-order valence-corrected chi connectivity index (χ4v) is 3.73. The van der Waals surface area contributed by atoms with Gasteiger partial charge in [-0.3, -0.25) is 9.69 Å². The molecule has 0 radical (unpaired) electrons. The number of thiazole rings is 1. The summed E-state index contributed by atoms with van der Waals surface area (Å²) >= 11 is 1.48. The predicted octanol–water partition coefficient (Wildman–Crippen LogP) is 1.94. The highest BCUT2D eigenvalue weighted by molar-refractivity contribution is 7.22. The van der Waals surface area contributed by atoms with Crippen molar-refractivity contribution in [2.24, 2.45) is 5.92 Å². The Morgan fingerprint density at radius 3 is 3.10 bits per heavy atom. The van der Waals surface area contributed by atoms with Crippen molar-refractivity contribution in [1.82, 2.24) is 9.88 Å². The molecule has 3 rings (SSSR count). The van der Waals surface area contributed by atoms with Crippen LogP contribution in [0.25, 0.3) is 10.2 Å². The first-order valence-electron chi connectivity index (χ1n) is 7.17. The van der Waals surface area contributed by atoms with Gasteiger partial charge < -0.3 is 10.4 Å². The van der Waals surface area contributed by atoms with Crippen LogP contribution in [0.15, 0.2) is 24.3 Å². The molecule has 1 aliphatic rings. The first kappa shape index (κ1) is 14.4. The zero-order valence-corrected chi connectivity index (χ0v) is 12.8. The molecule has 2 heterocycles. The first-order valence-corrected chi connectivity index (χ1v) is 7.99. The number of hydrogen-bond acceptors (Lipinski definition) is 5. The summed E-state index contributed by atoms with van der Waals surface area (Å²) in [5, 5.41) is 12.9. The minimum absolute atomic E-state index is 0.0680. The summed E-state index contributed by atoms with van der Waals surface area (Å²) in [5.41, 5.74) is 0.904. The van der Waals surface area contributed by atoms with Crippen molar-refractivity contribution in [3.05, 3.63) is 24.3 Å². The van der Waals surface area contributed by atoms with Crippen LogP contribution in [0.1, 0.15) is 13.3 Å². The molecule has 0 saturated carbocycles. The Hall–Kier alpha value is -1.50. The number of likely N-dealkylation sites (tertiary alicyclic amines) is 1. The molecule has 1 saturated heterocycles. The van der Waals surface area contributed by atoms with Crippen molar-refractivity contribution >= 4 is 32.6 Å². The number of carbonyl (C=O) groups is 1. The van der Waals surface area contributed by atoms with Gasteiger partial charge in [0.1, 0.15) is 0 Å². The minimum Gasteiger partial charge on any atom is -0.395 e. The molecule has 2 atom stereocenters. The second-order valence-electron chi connectivity index (χ2n) is 5.52. The van der Waals surface area contributed by atoms with Crippen LogP contribution in [0.4, 0.5) is 5.13 Å². The summed E-state index contributed by atoms with van der Waals surface area (Å²) in [6.07, 6.45) is 1.03. The van der Waals surface area contributed by atoms with Gasteiger partial charge in [0.25, 0.3) is 0 Å². The van der Waals surface area contributed by atoms with Crippen LogP contribution in [-0.4, -0.2) is 46.6 Å². The molecule has 1 aromatic carbocycles. The Morgan fingerprint density at radius 1 is 1.52 bits per heavy atom. The van der Waals surface area contributed by atoms with Crippen LogP contribution in [-0.2, 0) is 4.79 Å². The average Bonchev–Trinajstić information content (AvgIpc) is 3.01. The number of amides is 1. The van der Waals surface area contributed by atoms with E-state index in [0.717, 1.165) is 23.2 Å². The van der Waals surface area contributed by atoms with Gasteiger partial charge in [-0.25, -0.2) is 4.98 Å². The van der Waals surface area contributed by atoms with Crippen molar-refractivity contribution < 1.29 is 9.90 Å². The maximum Gasteiger partial charge on any atom is 0.240 e. The monoisotopic (exact) mass is 305 g/mol. The molecule has 5 nitrogen and oxygen atoms in total. The first-order chi connectivity index (χ1) is 10.2. The van der Waals surface area contributed by atoms with Crippen molar-refractivity contribution in [3.63, 3.8) is 0 Å². The number of rotatable bonds is 4. The summed E-state index contributed by atoms with van der Waals surface area (Å²) in [4.78, 5) is 18.6. The summed E-state index contributed by atoms with van der Waals surface area (Å²) < 4.78 is 1.07. The highest BCUT2D eigenvalue weighted by Gasteiger charge is 2.31. The van der Waals surface area contributed by atoms with E-state index in [0.29, 0.717) is 17.6 Å². The molecular weight excluding hydrogens is 286 g/mol. The molecule has 1 amide bonds. The summed E-state index contributed by atoms with van der Waals surface area (Å²) in [7, 11) is 0. The van der Waals surface area contributed by atoms with Crippen LogP contribution in [0.5, 0.6) is 0 Å². The number of anilines is 1. The largest absolute Gasteiger partial charge is 0.395 e. The zero-order chi connectivity index (χ0) is 14.8.